The molecule has 0 aromatic heterocycles. The first kappa shape index (κ1) is 14.3. The van der Waals surface area contributed by atoms with Gasteiger partial charge in [0.15, 0.2) is 0 Å². The minimum atomic E-state index is -0.00999. The SMILES string of the molecule is COCCN(C(C)C)C1COc2ccccc2C1N. The molecule has 106 valence electrons. The molecule has 1 aliphatic rings. The van der Waals surface area contributed by atoms with Gasteiger partial charge in [0.05, 0.1) is 18.7 Å². The second kappa shape index (κ2) is 6.37. The minimum absolute atomic E-state index is 0.00999. The van der Waals surface area contributed by atoms with Gasteiger partial charge in [-0.05, 0) is 19.9 Å². The van der Waals surface area contributed by atoms with E-state index in [0.717, 1.165) is 17.9 Å². The van der Waals surface area contributed by atoms with E-state index in [1.807, 2.05) is 18.2 Å². The minimum Gasteiger partial charge on any atom is -0.492 e. The third-order valence-electron chi connectivity index (χ3n) is 3.75. The topological polar surface area (TPSA) is 47.7 Å². The van der Waals surface area contributed by atoms with Gasteiger partial charge in [0.1, 0.15) is 12.4 Å². The van der Waals surface area contributed by atoms with Gasteiger partial charge in [-0.25, -0.2) is 0 Å². The predicted molar refractivity (Wildman–Crippen MR) is 76.4 cm³/mol. The third kappa shape index (κ3) is 3.08. The summed E-state index contributed by atoms with van der Waals surface area (Å²) in [7, 11) is 1.73. The molecule has 2 atom stereocenters. The van der Waals surface area contributed by atoms with Crippen molar-refractivity contribution >= 4 is 0 Å². The van der Waals surface area contributed by atoms with Gasteiger partial charge in [-0.15, -0.1) is 0 Å². The molecule has 19 heavy (non-hydrogen) atoms. The van der Waals surface area contributed by atoms with Crippen molar-refractivity contribution in [3.8, 4) is 5.75 Å². The van der Waals surface area contributed by atoms with Crippen molar-refractivity contribution in [2.75, 3.05) is 26.9 Å². The number of methoxy groups -OCH3 is 1. The highest BCUT2D eigenvalue weighted by atomic mass is 16.5. The predicted octanol–water partition coefficient (Wildman–Crippen LogP) is 1.80. The molecule has 1 heterocycles. The summed E-state index contributed by atoms with van der Waals surface area (Å²) in [4.78, 5) is 2.37. The number of hydrogen-bond acceptors (Lipinski definition) is 4. The lowest BCUT2D eigenvalue weighted by Crippen LogP contribution is -2.52. The van der Waals surface area contributed by atoms with Crippen molar-refractivity contribution in [1.82, 2.24) is 4.90 Å². The van der Waals surface area contributed by atoms with E-state index in [-0.39, 0.29) is 12.1 Å². The van der Waals surface area contributed by atoms with Crippen LogP contribution in [0.4, 0.5) is 0 Å². The Balaban J connectivity index is 2.17. The average Bonchev–Trinajstić information content (AvgIpc) is 2.41. The Morgan fingerprint density at radius 3 is 2.84 bits per heavy atom. The zero-order chi connectivity index (χ0) is 13.8. The molecule has 0 aliphatic carbocycles. The van der Waals surface area contributed by atoms with Crippen LogP contribution in [0.5, 0.6) is 5.75 Å². The molecule has 1 aromatic rings. The summed E-state index contributed by atoms with van der Waals surface area (Å²) in [5.74, 6) is 0.918. The standard InChI is InChI=1S/C15H24N2O2/c1-11(2)17(8-9-18-3)13-10-19-14-7-5-4-6-12(14)15(13)16/h4-7,11,13,15H,8-10,16H2,1-3H3. The van der Waals surface area contributed by atoms with E-state index >= 15 is 0 Å². The summed E-state index contributed by atoms with van der Waals surface area (Å²) in [6, 6.07) is 8.65. The van der Waals surface area contributed by atoms with Crippen molar-refractivity contribution in [3.63, 3.8) is 0 Å². The molecule has 0 spiro atoms. The first-order chi connectivity index (χ1) is 9.15. The van der Waals surface area contributed by atoms with Crippen LogP contribution in [0.15, 0.2) is 24.3 Å². The van der Waals surface area contributed by atoms with Gasteiger partial charge in [-0.3, -0.25) is 4.90 Å². The van der Waals surface area contributed by atoms with Gasteiger partial charge in [-0.1, -0.05) is 18.2 Å². The van der Waals surface area contributed by atoms with E-state index in [4.69, 9.17) is 15.2 Å². The van der Waals surface area contributed by atoms with Crippen molar-refractivity contribution in [2.45, 2.75) is 32.0 Å². The van der Waals surface area contributed by atoms with E-state index < -0.39 is 0 Å². The molecular weight excluding hydrogens is 240 g/mol. The van der Waals surface area contributed by atoms with Crippen molar-refractivity contribution < 1.29 is 9.47 Å². The summed E-state index contributed by atoms with van der Waals surface area (Å²) >= 11 is 0. The van der Waals surface area contributed by atoms with Crippen LogP contribution in [0.3, 0.4) is 0 Å². The van der Waals surface area contributed by atoms with Crippen LogP contribution in [0.25, 0.3) is 0 Å². The molecule has 0 radical (unpaired) electrons. The average molecular weight is 264 g/mol. The van der Waals surface area contributed by atoms with Gasteiger partial charge in [-0.2, -0.15) is 0 Å². The summed E-state index contributed by atoms with van der Waals surface area (Å²) in [6.07, 6.45) is 0. The maximum Gasteiger partial charge on any atom is 0.124 e. The number of hydrogen-bond donors (Lipinski definition) is 1. The van der Waals surface area contributed by atoms with Gasteiger partial charge in [0.2, 0.25) is 0 Å². The Kier molecular flexibility index (Phi) is 4.80. The van der Waals surface area contributed by atoms with E-state index in [9.17, 15) is 0 Å². The van der Waals surface area contributed by atoms with Crippen LogP contribution >= 0.6 is 0 Å². The fraction of sp³-hybridized carbons (Fsp3) is 0.600. The second-order valence-electron chi connectivity index (χ2n) is 5.27. The maximum absolute atomic E-state index is 6.44. The van der Waals surface area contributed by atoms with Crippen molar-refractivity contribution in [2.24, 2.45) is 5.73 Å². The fourth-order valence-electron chi connectivity index (χ4n) is 2.68. The highest BCUT2D eigenvalue weighted by molar-refractivity contribution is 5.38. The molecule has 0 amide bonds. The quantitative estimate of drug-likeness (QED) is 0.881. The number of ether oxygens (including phenoxy) is 2. The van der Waals surface area contributed by atoms with E-state index in [1.54, 1.807) is 7.11 Å². The number of benzene rings is 1. The molecule has 0 saturated heterocycles. The zero-order valence-corrected chi connectivity index (χ0v) is 12.0. The lowest BCUT2D eigenvalue weighted by molar-refractivity contribution is 0.0484. The Morgan fingerprint density at radius 2 is 2.16 bits per heavy atom. The molecular formula is C15H24N2O2. The molecule has 1 aromatic carbocycles. The Labute approximate surface area is 115 Å². The van der Waals surface area contributed by atoms with Crippen LogP contribution in [0, 0.1) is 0 Å². The lowest BCUT2D eigenvalue weighted by atomic mass is 9.95. The first-order valence-electron chi connectivity index (χ1n) is 6.87. The summed E-state index contributed by atoms with van der Waals surface area (Å²) in [5, 5.41) is 0. The van der Waals surface area contributed by atoms with Crippen LogP contribution < -0.4 is 10.5 Å². The Hall–Kier alpha value is -1.10. The van der Waals surface area contributed by atoms with E-state index in [0.29, 0.717) is 19.3 Å². The number of para-hydroxylation sites is 1. The van der Waals surface area contributed by atoms with Crippen LogP contribution in [0.2, 0.25) is 0 Å². The van der Waals surface area contributed by atoms with Gasteiger partial charge in [0, 0.05) is 25.3 Å². The molecule has 1 aliphatic heterocycles. The highest BCUT2D eigenvalue weighted by Gasteiger charge is 2.33. The molecule has 4 heteroatoms. The van der Waals surface area contributed by atoms with Gasteiger partial charge < -0.3 is 15.2 Å². The molecule has 2 N–H and O–H groups in total. The number of nitrogens with two attached hydrogens (primary N) is 1. The lowest BCUT2D eigenvalue weighted by Gasteiger charge is -2.41. The maximum atomic E-state index is 6.44. The first-order valence-corrected chi connectivity index (χ1v) is 6.87. The molecule has 0 saturated carbocycles. The van der Waals surface area contributed by atoms with Crippen LogP contribution in [-0.4, -0.2) is 43.9 Å². The highest BCUT2D eigenvalue weighted by Crippen LogP contribution is 2.33. The molecule has 2 unspecified atom stereocenters. The molecule has 4 nitrogen and oxygen atoms in total. The second-order valence-corrected chi connectivity index (χ2v) is 5.27. The normalized spacial score (nSPS) is 22.4. The fourth-order valence-corrected chi connectivity index (χ4v) is 2.68. The smallest absolute Gasteiger partial charge is 0.124 e. The van der Waals surface area contributed by atoms with Crippen LogP contribution in [-0.2, 0) is 4.74 Å². The Bertz CT molecular complexity index is 409. The van der Waals surface area contributed by atoms with Crippen molar-refractivity contribution in [3.05, 3.63) is 29.8 Å². The summed E-state index contributed by atoms with van der Waals surface area (Å²) in [5.41, 5.74) is 7.54. The molecule has 0 bridgehead atoms. The zero-order valence-electron chi connectivity index (χ0n) is 12.0. The molecule has 0 fully saturated rings. The third-order valence-corrected chi connectivity index (χ3v) is 3.75. The summed E-state index contributed by atoms with van der Waals surface area (Å²) < 4.78 is 11.0. The summed E-state index contributed by atoms with van der Waals surface area (Å²) in [6.45, 7) is 6.59. The van der Waals surface area contributed by atoms with E-state index in [1.165, 1.54) is 0 Å². The number of fused-ring (bicyclic) bond motifs is 1. The van der Waals surface area contributed by atoms with Crippen LogP contribution in [0.1, 0.15) is 25.5 Å². The molecule has 2 rings (SSSR count). The Morgan fingerprint density at radius 1 is 1.42 bits per heavy atom. The number of nitrogens with zero attached hydrogens (tertiary/aromatic N) is 1. The van der Waals surface area contributed by atoms with E-state index in [2.05, 4.69) is 24.8 Å². The monoisotopic (exact) mass is 264 g/mol. The number of rotatable bonds is 5. The van der Waals surface area contributed by atoms with Gasteiger partial charge >= 0.3 is 0 Å². The van der Waals surface area contributed by atoms with Crippen molar-refractivity contribution in [1.29, 1.82) is 0 Å². The van der Waals surface area contributed by atoms with Gasteiger partial charge in [0.25, 0.3) is 0 Å². The largest absolute Gasteiger partial charge is 0.492 e.